The molecule has 0 unspecified atom stereocenters. The van der Waals surface area contributed by atoms with Crippen LogP contribution in [0.3, 0.4) is 0 Å². The lowest BCUT2D eigenvalue weighted by atomic mass is 10.4. The molecule has 0 bridgehead atoms. The number of anilines is 1. The highest BCUT2D eigenvalue weighted by molar-refractivity contribution is 9.10. The molecule has 1 aromatic heterocycles. The van der Waals surface area contributed by atoms with Gasteiger partial charge in [-0.3, -0.25) is 0 Å². The average molecular weight is 330 g/mol. The van der Waals surface area contributed by atoms with Crippen molar-refractivity contribution in [1.29, 1.82) is 0 Å². The zero-order chi connectivity index (χ0) is 12.1. The second-order valence-electron chi connectivity index (χ2n) is 3.33. The van der Waals surface area contributed by atoms with Crippen molar-refractivity contribution >= 4 is 44.2 Å². The molecule has 2 aromatic rings. The number of nitrogens with zero attached hydrogens (tertiary/aromatic N) is 2. The zero-order valence-electron chi connectivity index (χ0n) is 9.31. The van der Waals surface area contributed by atoms with Gasteiger partial charge < -0.3 is 5.32 Å². The topological polar surface area (TPSA) is 37.8 Å². The summed E-state index contributed by atoms with van der Waals surface area (Å²) in [6, 6.07) is 8.27. The molecule has 17 heavy (non-hydrogen) atoms. The Kier molecular flexibility index (Phi) is 4.82. The second kappa shape index (κ2) is 6.37. The minimum absolute atomic E-state index is 0.843. The van der Waals surface area contributed by atoms with E-state index in [4.69, 9.17) is 0 Å². The summed E-state index contributed by atoms with van der Waals surface area (Å²) in [6.07, 6.45) is 0. The third-order valence-corrected chi connectivity index (χ3v) is 4.29. The monoisotopic (exact) mass is 329 g/mol. The molecule has 1 N–H and O–H groups in total. The Bertz CT molecular complexity index is 487. The van der Waals surface area contributed by atoms with E-state index in [2.05, 4.69) is 49.9 Å². The normalized spacial score (nSPS) is 10.5. The number of rotatable bonds is 5. The highest BCUT2D eigenvalue weighted by atomic mass is 79.9. The number of benzene rings is 1. The van der Waals surface area contributed by atoms with Crippen molar-refractivity contribution in [2.75, 3.05) is 11.9 Å². The van der Waals surface area contributed by atoms with Crippen LogP contribution in [0.2, 0.25) is 0 Å². The van der Waals surface area contributed by atoms with Crippen LogP contribution in [0.25, 0.3) is 0 Å². The average Bonchev–Trinajstić information content (AvgIpc) is 2.75. The first kappa shape index (κ1) is 12.9. The fourth-order valence-corrected chi connectivity index (χ4v) is 3.49. The summed E-state index contributed by atoms with van der Waals surface area (Å²) in [5.41, 5.74) is 1.03. The molecule has 0 radical (unpaired) electrons. The predicted octanol–water partition coefficient (Wildman–Crippen LogP) is 4.02. The number of hydrogen-bond donors (Lipinski definition) is 1. The van der Waals surface area contributed by atoms with E-state index in [1.807, 2.05) is 12.1 Å². The fraction of sp³-hybridized carbons (Fsp3) is 0.273. The molecule has 0 spiro atoms. The highest BCUT2D eigenvalue weighted by Gasteiger charge is 2.07. The van der Waals surface area contributed by atoms with Crippen LogP contribution in [0.15, 0.2) is 33.6 Å². The van der Waals surface area contributed by atoms with E-state index < -0.39 is 0 Å². The van der Waals surface area contributed by atoms with Gasteiger partial charge in [0.1, 0.15) is 10.7 Å². The van der Waals surface area contributed by atoms with Crippen LogP contribution in [0.4, 0.5) is 5.00 Å². The van der Waals surface area contributed by atoms with Gasteiger partial charge in [0.05, 0.1) is 0 Å². The molecule has 1 aromatic carbocycles. The van der Waals surface area contributed by atoms with Crippen molar-refractivity contribution in [2.45, 2.75) is 17.6 Å². The number of halogens is 1. The molecule has 1 heterocycles. The first-order chi connectivity index (χ1) is 8.29. The van der Waals surface area contributed by atoms with E-state index in [9.17, 15) is 0 Å². The van der Waals surface area contributed by atoms with Gasteiger partial charge in [0, 0.05) is 33.2 Å². The van der Waals surface area contributed by atoms with E-state index >= 15 is 0 Å². The molecule has 2 rings (SSSR count). The Morgan fingerprint density at radius 3 is 3.12 bits per heavy atom. The van der Waals surface area contributed by atoms with Gasteiger partial charge in [-0.05, 0) is 25.1 Å². The molecular weight excluding hydrogens is 318 g/mol. The maximum atomic E-state index is 4.15. The third-order valence-electron chi connectivity index (χ3n) is 2.06. The van der Waals surface area contributed by atoms with Crippen molar-refractivity contribution in [1.82, 2.24) is 9.59 Å². The van der Waals surface area contributed by atoms with Gasteiger partial charge in [-0.2, -0.15) is 0 Å². The molecule has 3 nitrogen and oxygen atoms in total. The number of hydrogen-bond acceptors (Lipinski definition) is 5. The zero-order valence-corrected chi connectivity index (χ0v) is 12.5. The molecule has 0 saturated heterocycles. The first-order valence-corrected chi connectivity index (χ1v) is 7.78. The molecule has 0 aliphatic carbocycles. The van der Waals surface area contributed by atoms with Crippen LogP contribution < -0.4 is 5.32 Å². The molecule has 0 amide bonds. The van der Waals surface area contributed by atoms with Crippen molar-refractivity contribution in [3.8, 4) is 0 Å². The third kappa shape index (κ3) is 3.69. The van der Waals surface area contributed by atoms with Gasteiger partial charge in [0.25, 0.3) is 0 Å². The summed E-state index contributed by atoms with van der Waals surface area (Å²) >= 11 is 6.65. The summed E-state index contributed by atoms with van der Waals surface area (Å²) in [4.78, 5) is 1.23. The molecule has 0 saturated carbocycles. The van der Waals surface area contributed by atoms with Gasteiger partial charge in [-0.15, -0.1) is 16.9 Å². The Labute approximate surface area is 117 Å². The van der Waals surface area contributed by atoms with E-state index in [-0.39, 0.29) is 0 Å². The molecule has 0 aliphatic heterocycles. The van der Waals surface area contributed by atoms with E-state index in [1.165, 1.54) is 16.4 Å². The largest absolute Gasteiger partial charge is 0.374 e. The van der Waals surface area contributed by atoms with Gasteiger partial charge in [0.2, 0.25) is 0 Å². The van der Waals surface area contributed by atoms with E-state index in [0.29, 0.717) is 0 Å². The van der Waals surface area contributed by atoms with Gasteiger partial charge in [-0.1, -0.05) is 26.5 Å². The first-order valence-electron chi connectivity index (χ1n) is 5.23. The highest BCUT2D eigenvalue weighted by Crippen LogP contribution is 2.28. The second-order valence-corrected chi connectivity index (χ2v) is 6.04. The van der Waals surface area contributed by atoms with Crippen LogP contribution in [0, 0.1) is 0 Å². The van der Waals surface area contributed by atoms with Crippen LogP contribution >= 0.6 is 39.2 Å². The Morgan fingerprint density at radius 1 is 1.47 bits per heavy atom. The number of aromatic nitrogens is 2. The molecule has 0 aliphatic rings. The van der Waals surface area contributed by atoms with Crippen LogP contribution in [0.1, 0.15) is 12.6 Å². The van der Waals surface area contributed by atoms with Crippen molar-refractivity contribution in [3.63, 3.8) is 0 Å². The SMILES string of the molecule is CCNc1snnc1CSc1cccc(Br)c1. The van der Waals surface area contributed by atoms with Crippen molar-refractivity contribution < 1.29 is 0 Å². The Hall–Kier alpha value is -0.590. The van der Waals surface area contributed by atoms with Gasteiger partial charge >= 0.3 is 0 Å². The fourth-order valence-electron chi connectivity index (χ4n) is 1.31. The number of thioether (sulfide) groups is 1. The van der Waals surface area contributed by atoms with Crippen molar-refractivity contribution in [3.05, 3.63) is 34.4 Å². The summed E-state index contributed by atoms with van der Waals surface area (Å²) < 4.78 is 5.08. The molecule has 0 fully saturated rings. The Morgan fingerprint density at radius 2 is 2.35 bits per heavy atom. The maximum Gasteiger partial charge on any atom is 0.134 e. The van der Waals surface area contributed by atoms with Crippen LogP contribution in [0.5, 0.6) is 0 Å². The van der Waals surface area contributed by atoms with E-state index in [1.54, 1.807) is 11.8 Å². The summed E-state index contributed by atoms with van der Waals surface area (Å²) in [5, 5.41) is 8.50. The summed E-state index contributed by atoms with van der Waals surface area (Å²) in [6.45, 7) is 2.98. The van der Waals surface area contributed by atoms with Crippen molar-refractivity contribution in [2.24, 2.45) is 0 Å². The minimum Gasteiger partial charge on any atom is -0.374 e. The smallest absolute Gasteiger partial charge is 0.134 e. The minimum atomic E-state index is 0.843. The number of nitrogens with one attached hydrogen (secondary N) is 1. The predicted molar refractivity (Wildman–Crippen MR) is 77.8 cm³/mol. The Balaban J connectivity index is 1.99. The molecular formula is C11H12BrN3S2. The van der Waals surface area contributed by atoms with Gasteiger partial charge in [0.15, 0.2) is 0 Å². The lowest BCUT2D eigenvalue weighted by molar-refractivity contribution is 1.07. The quantitative estimate of drug-likeness (QED) is 0.840. The maximum absolute atomic E-state index is 4.15. The van der Waals surface area contributed by atoms with Gasteiger partial charge in [-0.25, -0.2) is 0 Å². The lowest BCUT2D eigenvalue weighted by Crippen LogP contribution is -1.97. The standard InChI is InChI=1S/C11H12BrN3S2/c1-2-13-11-10(14-15-17-11)7-16-9-5-3-4-8(12)6-9/h3-6,13H,2,7H2,1H3. The van der Waals surface area contributed by atoms with E-state index in [0.717, 1.165) is 27.5 Å². The molecule has 0 atom stereocenters. The van der Waals surface area contributed by atoms with Crippen LogP contribution in [-0.4, -0.2) is 16.1 Å². The lowest BCUT2D eigenvalue weighted by Gasteiger charge is -2.03. The molecule has 6 heteroatoms. The van der Waals surface area contributed by atoms with Crippen LogP contribution in [-0.2, 0) is 5.75 Å². The summed E-state index contributed by atoms with van der Waals surface area (Å²) in [5.74, 6) is 0.843. The molecule has 90 valence electrons. The summed E-state index contributed by atoms with van der Waals surface area (Å²) in [7, 11) is 0.